The number of nitrogen functional groups attached to an aromatic ring is 1. The third-order valence-electron chi connectivity index (χ3n) is 2.22. The maximum atomic E-state index is 5.57. The average molecular weight is 229 g/mol. The lowest BCUT2D eigenvalue weighted by molar-refractivity contribution is 0.333. The number of hydrogen-bond acceptors (Lipinski definition) is 4. The maximum absolute atomic E-state index is 5.57. The number of anilines is 2. The summed E-state index contributed by atoms with van der Waals surface area (Å²) in [5, 5.41) is 3.21. The first-order valence-electron chi connectivity index (χ1n) is 5.48. The Morgan fingerprint density at radius 2 is 2.00 bits per heavy atom. The summed E-state index contributed by atoms with van der Waals surface area (Å²) in [4.78, 5) is 3.92. The highest BCUT2D eigenvalue weighted by Gasteiger charge is 1.94. The Balaban J connectivity index is 1.73. The molecule has 1 aromatic carbocycles. The van der Waals surface area contributed by atoms with Crippen LogP contribution in [0.3, 0.4) is 0 Å². The van der Waals surface area contributed by atoms with Crippen LogP contribution in [0.5, 0.6) is 5.75 Å². The van der Waals surface area contributed by atoms with Crippen molar-refractivity contribution in [1.82, 2.24) is 4.98 Å². The molecular formula is C13H15N3O. The molecule has 0 unspecified atom stereocenters. The van der Waals surface area contributed by atoms with E-state index in [1.165, 1.54) is 0 Å². The lowest BCUT2D eigenvalue weighted by Gasteiger charge is -2.08. The summed E-state index contributed by atoms with van der Waals surface area (Å²) in [5.74, 6) is 1.39. The quantitative estimate of drug-likeness (QED) is 0.771. The SMILES string of the molecule is Nc1cc(NCCOc2ccccc2)ccn1. The Morgan fingerprint density at radius 1 is 1.18 bits per heavy atom. The Bertz CT molecular complexity index is 459. The zero-order chi connectivity index (χ0) is 11.9. The van der Waals surface area contributed by atoms with Gasteiger partial charge in [-0.25, -0.2) is 4.98 Å². The number of para-hydroxylation sites is 1. The van der Waals surface area contributed by atoms with Gasteiger partial charge >= 0.3 is 0 Å². The molecule has 0 fully saturated rings. The summed E-state index contributed by atoms with van der Waals surface area (Å²) in [6, 6.07) is 13.4. The van der Waals surface area contributed by atoms with Crippen molar-refractivity contribution in [3.05, 3.63) is 48.7 Å². The summed E-state index contributed by atoms with van der Waals surface area (Å²) in [5.41, 5.74) is 6.52. The lowest BCUT2D eigenvalue weighted by atomic mass is 10.3. The predicted molar refractivity (Wildman–Crippen MR) is 69.1 cm³/mol. The first kappa shape index (κ1) is 11.3. The number of hydrogen-bond donors (Lipinski definition) is 2. The molecule has 3 N–H and O–H groups in total. The third-order valence-corrected chi connectivity index (χ3v) is 2.22. The summed E-state index contributed by atoms with van der Waals surface area (Å²) in [7, 11) is 0. The van der Waals surface area contributed by atoms with Crippen molar-refractivity contribution >= 4 is 11.5 Å². The van der Waals surface area contributed by atoms with Crippen LogP contribution in [0.2, 0.25) is 0 Å². The monoisotopic (exact) mass is 229 g/mol. The van der Waals surface area contributed by atoms with Crippen molar-refractivity contribution in [2.45, 2.75) is 0 Å². The summed E-state index contributed by atoms with van der Waals surface area (Å²) in [6.45, 7) is 1.32. The van der Waals surface area contributed by atoms with Gasteiger partial charge in [0.15, 0.2) is 0 Å². The number of benzene rings is 1. The van der Waals surface area contributed by atoms with E-state index in [1.807, 2.05) is 36.4 Å². The minimum Gasteiger partial charge on any atom is -0.492 e. The molecular weight excluding hydrogens is 214 g/mol. The zero-order valence-electron chi connectivity index (χ0n) is 9.47. The molecule has 0 saturated carbocycles. The van der Waals surface area contributed by atoms with Crippen molar-refractivity contribution in [3.63, 3.8) is 0 Å². The molecule has 0 saturated heterocycles. The highest BCUT2D eigenvalue weighted by molar-refractivity contribution is 5.49. The van der Waals surface area contributed by atoms with Crippen LogP contribution < -0.4 is 15.8 Å². The van der Waals surface area contributed by atoms with Crippen molar-refractivity contribution in [3.8, 4) is 5.75 Å². The molecule has 2 rings (SSSR count). The van der Waals surface area contributed by atoms with Crippen LogP contribution in [0, 0.1) is 0 Å². The number of nitrogens with two attached hydrogens (primary N) is 1. The predicted octanol–water partition coefficient (Wildman–Crippen LogP) is 2.15. The van der Waals surface area contributed by atoms with E-state index in [1.54, 1.807) is 12.3 Å². The minimum atomic E-state index is 0.513. The Morgan fingerprint density at radius 3 is 2.76 bits per heavy atom. The highest BCUT2D eigenvalue weighted by Crippen LogP contribution is 2.09. The fourth-order valence-corrected chi connectivity index (χ4v) is 1.44. The smallest absolute Gasteiger partial charge is 0.125 e. The molecule has 0 radical (unpaired) electrons. The average Bonchev–Trinajstić information content (AvgIpc) is 2.36. The number of pyridine rings is 1. The van der Waals surface area contributed by atoms with Gasteiger partial charge in [-0.05, 0) is 18.2 Å². The molecule has 4 nitrogen and oxygen atoms in total. The minimum absolute atomic E-state index is 0.513. The maximum Gasteiger partial charge on any atom is 0.125 e. The van der Waals surface area contributed by atoms with Gasteiger partial charge in [-0.3, -0.25) is 0 Å². The van der Waals surface area contributed by atoms with Gasteiger partial charge in [0.05, 0.1) is 0 Å². The number of rotatable bonds is 5. The fraction of sp³-hybridized carbons (Fsp3) is 0.154. The van der Waals surface area contributed by atoms with Gasteiger partial charge in [0.1, 0.15) is 18.2 Å². The standard InChI is InChI=1S/C13H15N3O/c14-13-10-11(6-7-16-13)15-8-9-17-12-4-2-1-3-5-12/h1-7,10H,8-9H2,(H3,14,15,16). The molecule has 0 aliphatic heterocycles. The number of nitrogens with zero attached hydrogens (tertiary/aromatic N) is 1. The summed E-state index contributed by atoms with van der Waals surface area (Å²) in [6.07, 6.45) is 1.68. The molecule has 88 valence electrons. The van der Waals surface area contributed by atoms with E-state index in [0.29, 0.717) is 12.4 Å². The van der Waals surface area contributed by atoms with Gasteiger partial charge in [0.2, 0.25) is 0 Å². The second-order valence-electron chi connectivity index (χ2n) is 3.56. The van der Waals surface area contributed by atoms with Crippen molar-refractivity contribution in [1.29, 1.82) is 0 Å². The van der Waals surface area contributed by atoms with Crippen molar-refractivity contribution in [2.75, 3.05) is 24.2 Å². The second-order valence-corrected chi connectivity index (χ2v) is 3.56. The number of aromatic nitrogens is 1. The molecule has 0 aliphatic carbocycles. The lowest BCUT2D eigenvalue weighted by Crippen LogP contribution is -2.11. The van der Waals surface area contributed by atoms with Crippen LogP contribution >= 0.6 is 0 Å². The van der Waals surface area contributed by atoms with Gasteiger partial charge in [0.25, 0.3) is 0 Å². The molecule has 2 aromatic rings. The molecule has 17 heavy (non-hydrogen) atoms. The molecule has 0 amide bonds. The van der Waals surface area contributed by atoms with E-state index in [-0.39, 0.29) is 0 Å². The molecule has 0 spiro atoms. The normalized spacial score (nSPS) is 9.88. The second kappa shape index (κ2) is 5.75. The fourth-order valence-electron chi connectivity index (χ4n) is 1.44. The van der Waals surface area contributed by atoms with Crippen LogP contribution in [0.25, 0.3) is 0 Å². The summed E-state index contributed by atoms with van der Waals surface area (Å²) < 4.78 is 5.55. The Kier molecular flexibility index (Phi) is 3.81. The van der Waals surface area contributed by atoms with Crippen LogP contribution in [0.4, 0.5) is 11.5 Å². The van der Waals surface area contributed by atoms with Crippen LogP contribution in [-0.4, -0.2) is 18.1 Å². The molecule has 1 heterocycles. The number of ether oxygens (including phenoxy) is 1. The first-order valence-corrected chi connectivity index (χ1v) is 5.48. The van der Waals surface area contributed by atoms with E-state index in [2.05, 4.69) is 10.3 Å². The van der Waals surface area contributed by atoms with Crippen LogP contribution in [-0.2, 0) is 0 Å². The van der Waals surface area contributed by atoms with Crippen molar-refractivity contribution in [2.24, 2.45) is 0 Å². The molecule has 0 atom stereocenters. The van der Waals surface area contributed by atoms with Gasteiger partial charge < -0.3 is 15.8 Å². The van der Waals surface area contributed by atoms with Gasteiger partial charge in [-0.15, -0.1) is 0 Å². The molecule has 4 heteroatoms. The van der Waals surface area contributed by atoms with Crippen molar-refractivity contribution < 1.29 is 4.74 Å². The van der Waals surface area contributed by atoms with E-state index >= 15 is 0 Å². The van der Waals surface area contributed by atoms with E-state index in [9.17, 15) is 0 Å². The Hall–Kier alpha value is -2.23. The molecule has 0 aliphatic rings. The largest absolute Gasteiger partial charge is 0.492 e. The topological polar surface area (TPSA) is 60.2 Å². The summed E-state index contributed by atoms with van der Waals surface area (Å²) >= 11 is 0. The van der Waals surface area contributed by atoms with Gasteiger partial charge in [0, 0.05) is 24.5 Å². The van der Waals surface area contributed by atoms with E-state index in [4.69, 9.17) is 10.5 Å². The highest BCUT2D eigenvalue weighted by atomic mass is 16.5. The van der Waals surface area contributed by atoms with Gasteiger partial charge in [-0.1, -0.05) is 18.2 Å². The Labute approximate surface area is 100 Å². The third kappa shape index (κ3) is 3.68. The molecule has 0 bridgehead atoms. The zero-order valence-corrected chi connectivity index (χ0v) is 9.47. The van der Waals surface area contributed by atoms with Crippen LogP contribution in [0.15, 0.2) is 48.7 Å². The number of nitrogens with one attached hydrogen (secondary N) is 1. The first-order chi connectivity index (χ1) is 8.34. The van der Waals surface area contributed by atoms with Crippen LogP contribution in [0.1, 0.15) is 0 Å². The van der Waals surface area contributed by atoms with Gasteiger partial charge in [-0.2, -0.15) is 0 Å². The van der Waals surface area contributed by atoms with E-state index in [0.717, 1.165) is 18.0 Å². The molecule has 1 aromatic heterocycles. The van der Waals surface area contributed by atoms with E-state index < -0.39 is 0 Å².